The van der Waals surface area contributed by atoms with E-state index in [1.165, 1.54) is 16.9 Å². The number of alkyl halides is 3. The van der Waals surface area contributed by atoms with Gasteiger partial charge in [-0.2, -0.15) is 18.3 Å². The number of benzene rings is 1. The van der Waals surface area contributed by atoms with Crippen LogP contribution in [0.4, 0.5) is 17.6 Å². The van der Waals surface area contributed by atoms with Crippen molar-refractivity contribution in [3.8, 4) is 11.1 Å². The molecular weight excluding hydrogens is 328 g/mol. The van der Waals surface area contributed by atoms with Gasteiger partial charge in [-0.1, -0.05) is 22.0 Å². The van der Waals surface area contributed by atoms with Crippen molar-refractivity contribution >= 4 is 15.9 Å². The zero-order valence-corrected chi connectivity index (χ0v) is 11.4. The topological polar surface area (TPSA) is 17.8 Å². The van der Waals surface area contributed by atoms with Crippen molar-refractivity contribution in [2.75, 3.05) is 0 Å². The van der Waals surface area contributed by atoms with Gasteiger partial charge in [-0.05, 0) is 24.6 Å². The minimum Gasteiger partial charge on any atom is -0.272 e. The Hall–Kier alpha value is -1.37. The lowest BCUT2D eigenvalue weighted by atomic mass is 10.1. The smallest absolute Gasteiger partial charge is 0.272 e. The third-order valence-electron chi connectivity index (χ3n) is 2.58. The van der Waals surface area contributed by atoms with Crippen LogP contribution in [0.25, 0.3) is 11.1 Å². The van der Waals surface area contributed by atoms with Gasteiger partial charge in [0.05, 0.1) is 0 Å². The number of halogens is 5. The zero-order valence-electron chi connectivity index (χ0n) is 9.80. The molecule has 0 atom stereocenters. The quantitative estimate of drug-likeness (QED) is 0.739. The molecule has 1 heterocycles. The van der Waals surface area contributed by atoms with Crippen LogP contribution in [0.3, 0.4) is 0 Å². The van der Waals surface area contributed by atoms with Crippen LogP contribution in [-0.4, -0.2) is 9.78 Å². The van der Waals surface area contributed by atoms with Gasteiger partial charge in [0.15, 0.2) is 5.69 Å². The van der Waals surface area contributed by atoms with Crippen LogP contribution < -0.4 is 0 Å². The first-order chi connectivity index (χ1) is 8.82. The molecule has 1 aromatic heterocycles. The van der Waals surface area contributed by atoms with Gasteiger partial charge in [0.1, 0.15) is 5.82 Å². The van der Waals surface area contributed by atoms with E-state index in [2.05, 4.69) is 21.0 Å². The Balaban J connectivity index is 2.64. The summed E-state index contributed by atoms with van der Waals surface area (Å²) in [5.74, 6) is -0.521. The van der Waals surface area contributed by atoms with Gasteiger partial charge in [0.25, 0.3) is 0 Å². The van der Waals surface area contributed by atoms with E-state index in [0.29, 0.717) is 6.54 Å². The van der Waals surface area contributed by atoms with Crippen LogP contribution in [0.15, 0.2) is 28.9 Å². The Morgan fingerprint density at radius 2 is 1.95 bits per heavy atom. The third-order valence-corrected chi connectivity index (χ3v) is 3.23. The summed E-state index contributed by atoms with van der Waals surface area (Å²) in [7, 11) is 0. The monoisotopic (exact) mass is 336 g/mol. The summed E-state index contributed by atoms with van der Waals surface area (Å²) in [5, 5.41) is 3.52. The summed E-state index contributed by atoms with van der Waals surface area (Å²) in [6.07, 6.45) is -3.25. The average Bonchev–Trinajstić information content (AvgIpc) is 2.72. The molecule has 2 nitrogen and oxygen atoms in total. The van der Waals surface area contributed by atoms with Crippen molar-refractivity contribution in [3.05, 3.63) is 40.4 Å². The molecule has 7 heteroatoms. The van der Waals surface area contributed by atoms with Crippen LogP contribution in [0.5, 0.6) is 0 Å². The molecule has 0 saturated carbocycles. The molecule has 19 heavy (non-hydrogen) atoms. The summed E-state index contributed by atoms with van der Waals surface area (Å²) in [6, 6.07) is 3.54. The van der Waals surface area contributed by atoms with Crippen LogP contribution in [0.2, 0.25) is 0 Å². The predicted octanol–water partition coefficient (Wildman–Crippen LogP) is 4.49. The molecule has 0 spiro atoms. The third kappa shape index (κ3) is 2.80. The first-order valence-electron chi connectivity index (χ1n) is 5.43. The number of hydrogen-bond donors (Lipinski definition) is 0. The molecule has 0 fully saturated rings. The average molecular weight is 337 g/mol. The summed E-state index contributed by atoms with van der Waals surface area (Å²) in [6.45, 7) is 2.01. The largest absolute Gasteiger partial charge is 0.435 e. The van der Waals surface area contributed by atoms with Crippen LogP contribution in [0, 0.1) is 5.82 Å². The summed E-state index contributed by atoms with van der Waals surface area (Å²) in [5.41, 5.74) is -0.781. The lowest BCUT2D eigenvalue weighted by Crippen LogP contribution is -2.08. The predicted molar refractivity (Wildman–Crippen MR) is 66.0 cm³/mol. The maximum Gasteiger partial charge on any atom is 0.435 e. The van der Waals surface area contributed by atoms with Crippen molar-refractivity contribution in [1.82, 2.24) is 9.78 Å². The van der Waals surface area contributed by atoms with Gasteiger partial charge < -0.3 is 0 Å². The van der Waals surface area contributed by atoms with E-state index in [1.54, 1.807) is 6.92 Å². The highest BCUT2D eigenvalue weighted by molar-refractivity contribution is 9.10. The Bertz CT molecular complexity index is 604. The molecule has 2 aromatic rings. The highest BCUT2D eigenvalue weighted by Gasteiger charge is 2.37. The number of rotatable bonds is 2. The van der Waals surface area contributed by atoms with Gasteiger partial charge in [-0.3, -0.25) is 4.68 Å². The molecule has 0 bridgehead atoms. The van der Waals surface area contributed by atoms with Crippen LogP contribution in [-0.2, 0) is 12.7 Å². The first kappa shape index (κ1) is 14.0. The Morgan fingerprint density at radius 3 is 2.47 bits per heavy atom. The summed E-state index contributed by atoms with van der Waals surface area (Å²) >= 11 is 3.07. The lowest BCUT2D eigenvalue weighted by Gasteiger charge is -2.07. The Labute approximate surface area is 115 Å². The van der Waals surface area contributed by atoms with Gasteiger partial charge in [0, 0.05) is 22.8 Å². The van der Waals surface area contributed by atoms with Crippen molar-refractivity contribution < 1.29 is 17.6 Å². The number of hydrogen-bond acceptors (Lipinski definition) is 1. The van der Waals surface area contributed by atoms with E-state index < -0.39 is 17.7 Å². The van der Waals surface area contributed by atoms with E-state index in [9.17, 15) is 17.6 Å². The molecule has 0 unspecified atom stereocenters. The van der Waals surface area contributed by atoms with Gasteiger partial charge in [-0.25, -0.2) is 4.39 Å². The van der Waals surface area contributed by atoms with Gasteiger partial charge in [-0.15, -0.1) is 0 Å². The fraction of sp³-hybridized carbons (Fsp3) is 0.250. The fourth-order valence-corrected chi connectivity index (χ4v) is 2.26. The van der Waals surface area contributed by atoms with E-state index in [0.717, 1.165) is 12.1 Å². The Morgan fingerprint density at radius 1 is 1.26 bits per heavy atom. The molecule has 0 radical (unpaired) electrons. The normalized spacial score (nSPS) is 11.9. The molecule has 0 amide bonds. The van der Waals surface area contributed by atoms with Crippen molar-refractivity contribution in [2.24, 2.45) is 0 Å². The fourth-order valence-electron chi connectivity index (χ4n) is 1.70. The molecule has 0 aliphatic heterocycles. The highest BCUT2D eigenvalue weighted by Crippen LogP contribution is 2.38. The van der Waals surface area contributed by atoms with Crippen LogP contribution in [0.1, 0.15) is 12.6 Å². The molecule has 0 saturated heterocycles. The van der Waals surface area contributed by atoms with Crippen molar-refractivity contribution in [3.63, 3.8) is 0 Å². The maximum atomic E-state index is 13.0. The minimum atomic E-state index is -4.55. The molecule has 102 valence electrons. The molecule has 1 aromatic carbocycles. The second-order valence-corrected chi connectivity index (χ2v) is 4.72. The molecule has 0 aliphatic rings. The van der Waals surface area contributed by atoms with Crippen LogP contribution >= 0.6 is 15.9 Å². The minimum absolute atomic E-state index is 0.0683. The van der Waals surface area contributed by atoms with E-state index in [4.69, 9.17) is 0 Å². The Kier molecular flexibility index (Phi) is 3.66. The number of nitrogens with zero attached hydrogens (tertiary/aromatic N) is 2. The van der Waals surface area contributed by atoms with Crippen molar-refractivity contribution in [2.45, 2.75) is 19.6 Å². The number of aromatic nitrogens is 2. The second kappa shape index (κ2) is 4.96. The highest BCUT2D eigenvalue weighted by atomic mass is 79.9. The lowest BCUT2D eigenvalue weighted by molar-refractivity contribution is -0.141. The van der Waals surface area contributed by atoms with Crippen molar-refractivity contribution in [1.29, 1.82) is 0 Å². The molecular formula is C12H9BrF4N2. The zero-order chi connectivity index (χ0) is 14.2. The molecule has 0 aliphatic carbocycles. The summed E-state index contributed by atoms with van der Waals surface area (Å²) in [4.78, 5) is 0. The summed E-state index contributed by atoms with van der Waals surface area (Å²) < 4.78 is 53.2. The molecule has 2 rings (SSSR count). The number of aryl methyl sites for hydroxylation is 1. The maximum absolute atomic E-state index is 13.0. The standard InChI is InChI=1S/C12H9BrF4N2/c1-2-19-6-9(11(18-19)12(15,16)17)8-4-3-7(14)5-10(8)13/h3-6H,2H2,1H3. The SMILES string of the molecule is CCn1cc(-c2ccc(F)cc2Br)c(C(F)(F)F)n1. The first-order valence-corrected chi connectivity index (χ1v) is 6.22. The van der Waals surface area contributed by atoms with E-state index in [-0.39, 0.29) is 15.6 Å². The van der Waals surface area contributed by atoms with Gasteiger partial charge in [0.2, 0.25) is 0 Å². The van der Waals surface area contributed by atoms with Gasteiger partial charge >= 0.3 is 6.18 Å². The van der Waals surface area contributed by atoms with E-state index >= 15 is 0 Å². The second-order valence-electron chi connectivity index (χ2n) is 3.87. The van der Waals surface area contributed by atoms with E-state index in [1.807, 2.05) is 0 Å². The molecule has 0 N–H and O–H groups in total.